The van der Waals surface area contributed by atoms with E-state index in [-0.39, 0.29) is 11.6 Å². The van der Waals surface area contributed by atoms with E-state index in [9.17, 15) is 26.3 Å². The standard InChI is InChI=1S/C15H19F6P2/c1-10(22-11-6-3-2-4-7-11)12-8-5-9-13(12)23(14(16,17)18)15(19,20)21/h5,8-11,22H,2-4,6-7H2,1H3/t10-/m1/s1. The number of hydrogen-bond donors (Lipinski definition) is 0. The summed E-state index contributed by atoms with van der Waals surface area (Å²) in [5.74, 6) is -10.3. The van der Waals surface area contributed by atoms with Crippen molar-refractivity contribution in [1.82, 2.24) is 0 Å². The van der Waals surface area contributed by atoms with E-state index in [0.717, 1.165) is 32.1 Å². The largest absolute Gasteiger partial charge is 0.414 e. The third-order valence-electron chi connectivity index (χ3n) is 4.13. The van der Waals surface area contributed by atoms with Crippen LogP contribution in [0.25, 0.3) is 0 Å². The van der Waals surface area contributed by atoms with Gasteiger partial charge >= 0.3 is 11.8 Å². The molecule has 0 spiro atoms. The van der Waals surface area contributed by atoms with Crippen LogP contribution in [0.5, 0.6) is 0 Å². The van der Waals surface area contributed by atoms with E-state index in [1.165, 1.54) is 19.3 Å². The van der Waals surface area contributed by atoms with Crippen LogP contribution in [0.1, 0.15) is 39.0 Å². The maximum Gasteiger partial charge on any atom is 0.414 e. The summed E-state index contributed by atoms with van der Waals surface area (Å²) in [6.45, 7) is 1.76. The van der Waals surface area contributed by atoms with Gasteiger partial charge in [0.1, 0.15) is 7.92 Å². The highest BCUT2D eigenvalue weighted by Crippen LogP contribution is 2.75. The van der Waals surface area contributed by atoms with Gasteiger partial charge in [0.2, 0.25) is 0 Å². The fourth-order valence-electron chi connectivity index (χ4n) is 3.12. The second-order valence-corrected chi connectivity index (χ2v) is 10.0. The SMILES string of the molecule is C[C@@H](PC1CCCCC1)[C]1[CH][CH][CH][C]1P(C(F)(F)F)C(F)(F)F. The van der Waals surface area contributed by atoms with Gasteiger partial charge in [0, 0.05) is 5.66 Å². The lowest BCUT2D eigenvalue weighted by Gasteiger charge is -2.35. The van der Waals surface area contributed by atoms with E-state index < -0.39 is 25.4 Å². The van der Waals surface area contributed by atoms with Gasteiger partial charge in [-0.1, -0.05) is 26.2 Å². The Labute approximate surface area is 136 Å². The molecule has 2 saturated carbocycles. The molecule has 0 nitrogen and oxygen atoms in total. The maximum absolute atomic E-state index is 13.0. The Hall–Kier alpha value is 0.440. The van der Waals surface area contributed by atoms with Gasteiger partial charge in [-0.05, 0) is 49.3 Å². The second-order valence-electron chi connectivity index (χ2n) is 5.86. The molecule has 131 valence electrons. The molecule has 0 saturated heterocycles. The zero-order valence-corrected chi connectivity index (χ0v) is 14.5. The van der Waals surface area contributed by atoms with Crippen molar-refractivity contribution in [3.05, 3.63) is 30.8 Å². The number of halogens is 6. The van der Waals surface area contributed by atoms with Gasteiger partial charge in [-0.15, -0.1) is 8.58 Å². The van der Waals surface area contributed by atoms with E-state index in [4.69, 9.17) is 0 Å². The minimum Gasteiger partial charge on any atom is -0.167 e. The van der Waals surface area contributed by atoms with Crippen molar-refractivity contribution >= 4 is 16.5 Å². The van der Waals surface area contributed by atoms with Gasteiger partial charge in [-0.3, -0.25) is 0 Å². The van der Waals surface area contributed by atoms with Crippen LogP contribution in [0, 0.1) is 30.8 Å². The minimum atomic E-state index is -5.26. The first-order chi connectivity index (χ1) is 10.6. The highest BCUT2D eigenvalue weighted by atomic mass is 31.1. The predicted molar refractivity (Wildman–Crippen MR) is 83.1 cm³/mol. The molecule has 0 aromatic heterocycles. The van der Waals surface area contributed by atoms with Crippen LogP contribution >= 0.6 is 16.5 Å². The van der Waals surface area contributed by atoms with Crippen molar-refractivity contribution < 1.29 is 26.3 Å². The van der Waals surface area contributed by atoms with Crippen LogP contribution in [0.15, 0.2) is 0 Å². The van der Waals surface area contributed by atoms with Crippen molar-refractivity contribution in [2.75, 3.05) is 0 Å². The van der Waals surface area contributed by atoms with Crippen molar-refractivity contribution in [3.63, 3.8) is 0 Å². The topological polar surface area (TPSA) is 0 Å². The van der Waals surface area contributed by atoms with Gasteiger partial charge in [-0.25, -0.2) is 0 Å². The van der Waals surface area contributed by atoms with Gasteiger partial charge in [0.05, 0.1) is 0 Å². The molecular weight excluding hydrogens is 356 g/mol. The van der Waals surface area contributed by atoms with Crippen LogP contribution in [0.3, 0.4) is 0 Å². The molecule has 0 bridgehead atoms. The first kappa shape index (κ1) is 19.8. The van der Waals surface area contributed by atoms with Gasteiger partial charge in [-0.2, -0.15) is 26.3 Å². The van der Waals surface area contributed by atoms with E-state index in [0.29, 0.717) is 14.2 Å². The normalized spacial score (nSPS) is 25.0. The monoisotopic (exact) mass is 375 g/mol. The number of alkyl halides is 6. The Kier molecular flexibility index (Phi) is 6.67. The lowest BCUT2D eigenvalue weighted by atomic mass is 10.0. The Morgan fingerprint density at radius 1 is 1.00 bits per heavy atom. The molecule has 0 aromatic rings. The lowest BCUT2D eigenvalue weighted by Crippen LogP contribution is -2.27. The Balaban J connectivity index is 2.08. The first-order valence-corrected chi connectivity index (χ1v) is 10.1. The molecule has 5 radical (unpaired) electrons. The number of hydrogen-bond acceptors (Lipinski definition) is 0. The van der Waals surface area contributed by atoms with E-state index >= 15 is 0 Å². The van der Waals surface area contributed by atoms with Gasteiger partial charge in [0.25, 0.3) is 0 Å². The zero-order valence-electron chi connectivity index (χ0n) is 12.6. The summed E-state index contributed by atoms with van der Waals surface area (Å²) in [7, 11) is -3.79. The van der Waals surface area contributed by atoms with Gasteiger partial charge in [0.15, 0.2) is 0 Å². The van der Waals surface area contributed by atoms with Crippen molar-refractivity contribution in [3.8, 4) is 0 Å². The van der Waals surface area contributed by atoms with E-state index in [2.05, 4.69) is 0 Å². The van der Waals surface area contributed by atoms with Crippen molar-refractivity contribution in [2.24, 2.45) is 0 Å². The highest BCUT2D eigenvalue weighted by Gasteiger charge is 2.63. The zero-order chi connectivity index (χ0) is 17.3. The Bertz CT molecular complexity index is 361. The smallest absolute Gasteiger partial charge is 0.167 e. The van der Waals surface area contributed by atoms with Crippen LogP contribution in [-0.2, 0) is 0 Å². The Morgan fingerprint density at radius 2 is 1.57 bits per heavy atom. The number of rotatable bonds is 4. The molecule has 2 atom stereocenters. The van der Waals surface area contributed by atoms with Gasteiger partial charge < -0.3 is 0 Å². The molecule has 0 aliphatic heterocycles. The third kappa shape index (κ3) is 5.21. The second kappa shape index (κ2) is 7.77. The van der Waals surface area contributed by atoms with Crippen molar-refractivity contribution in [2.45, 2.75) is 62.2 Å². The quantitative estimate of drug-likeness (QED) is 0.382. The van der Waals surface area contributed by atoms with Crippen LogP contribution < -0.4 is 0 Å². The van der Waals surface area contributed by atoms with Crippen LogP contribution in [0.2, 0.25) is 0 Å². The summed E-state index contributed by atoms with van der Waals surface area (Å²) in [5, 5.41) is 0. The van der Waals surface area contributed by atoms with Crippen LogP contribution in [-0.4, -0.2) is 23.2 Å². The summed E-state index contributed by atoms with van der Waals surface area (Å²) in [6, 6.07) is 0. The van der Waals surface area contributed by atoms with Crippen LogP contribution in [0.4, 0.5) is 26.3 Å². The fraction of sp³-hybridized carbons (Fsp3) is 0.667. The molecule has 23 heavy (non-hydrogen) atoms. The Morgan fingerprint density at radius 3 is 2.09 bits per heavy atom. The average Bonchev–Trinajstić information content (AvgIpc) is 2.85. The summed E-state index contributed by atoms with van der Waals surface area (Å²) >= 11 is 0. The summed E-state index contributed by atoms with van der Waals surface area (Å²) in [6.07, 6.45) is 9.21. The van der Waals surface area contributed by atoms with E-state index in [1.54, 1.807) is 6.92 Å². The highest BCUT2D eigenvalue weighted by molar-refractivity contribution is 7.63. The van der Waals surface area contributed by atoms with E-state index in [1.807, 2.05) is 0 Å². The fourth-order valence-corrected chi connectivity index (χ4v) is 6.72. The molecule has 2 aliphatic rings. The molecule has 2 rings (SSSR count). The molecule has 2 fully saturated rings. The van der Waals surface area contributed by atoms with Crippen molar-refractivity contribution in [1.29, 1.82) is 0 Å². The molecule has 0 N–H and O–H groups in total. The third-order valence-corrected chi connectivity index (χ3v) is 7.89. The molecular formula is C15H19F6P2. The maximum atomic E-state index is 13.0. The molecule has 0 amide bonds. The molecule has 1 unspecified atom stereocenters. The molecule has 8 heteroatoms. The summed E-state index contributed by atoms with van der Waals surface area (Å²) < 4.78 is 78.0. The lowest BCUT2D eigenvalue weighted by molar-refractivity contribution is -0.0827. The molecule has 0 aromatic carbocycles. The average molecular weight is 375 g/mol. The summed E-state index contributed by atoms with van der Waals surface area (Å²) in [4.78, 5) is 0. The molecule has 2 aliphatic carbocycles. The first-order valence-electron chi connectivity index (χ1n) is 7.56. The minimum absolute atomic E-state index is 0.231. The molecule has 0 heterocycles. The predicted octanol–water partition coefficient (Wildman–Crippen LogP) is 6.64. The summed E-state index contributed by atoms with van der Waals surface area (Å²) in [5.41, 5.74) is -0.377.